The fourth-order valence-corrected chi connectivity index (χ4v) is 2.33. The molecule has 1 fully saturated rings. The monoisotopic (exact) mass is 352 g/mol. The molecule has 0 heterocycles. The third kappa shape index (κ3) is 5.80. The summed E-state index contributed by atoms with van der Waals surface area (Å²) in [6.45, 7) is 6.48. The Kier molecular flexibility index (Phi) is 6.63. The summed E-state index contributed by atoms with van der Waals surface area (Å²) in [7, 11) is 0. The third-order valence-corrected chi connectivity index (χ3v) is 4.14. The zero-order valence-corrected chi connectivity index (χ0v) is 15.2. The maximum absolute atomic E-state index is 12.1. The second-order valence-corrected chi connectivity index (χ2v) is 7.03. The number of rotatable bonds is 8. The average Bonchev–Trinajstić information content (AvgIpc) is 3.30. The molecule has 0 saturated heterocycles. The molecule has 2 amide bonds. The van der Waals surface area contributed by atoms with Gasteiger partial charge in [-0.1, -0.05) is 25.4 Å². The minimum absolute atomic E-state index is 0.175. The van der Waals surface area contributed by atoms with E-state index in [4.69, 9.17) is 16.3 Å². The smallest absolute Gasteiger partial charge is 0.253 e. The molecule has 2 rings (SSSR count). The van der Waals surface area contributed by atoms with E-state index in [1.54, 1.807) is 25.1 Å². The number of anilines is 1. The summed E-state index contributed by atoms with van der Waals surface area (Å²) in [6.07, 6.45) is 2.41. The quantitative estimate of drug-likeness (QED) is 0.750. The second kappa shape index (κ2) is 8.49. The van der Waals surface area contributed by atoms with Gasteiger partial charge in [0.05, 0.1) is 10.6 Å². The number of carbonyl (C=O) groups excluding carboxylic acids is 2. The molecule has 1 aromatic carbocycles. The molecule has 0 aliphatic heterocycles. The van der Waals surface area contributed by atoms with Crippen molar-refractivity contribution in [3.8, 4) is 0 Å². The van der Waals surface area contributed by atoms with Gasteiger partial charge in [0.25, 0.3) is 11.8 Å². The Morgan fingerprint density at radius 2 is 2.00 bits per heavy atom. The SMILES string of the molecule is CC(C)CCOC(C)C(=O)Nc1ccc(C(=O)NC2CC2)c(Cl)c1. The average molecular weight is 353 g/mol. The Morgan fingerprint density at radius 1 is 1.29 bits per heavy atom. The van der Waals surface area contributed by atoms with Crippen molar-refractivity contribution in [1.82, 2.24) is 5.32 Å². The first kappa shape index (κ1) is 18.7. The van der Waals surface area contributed by atoms with Crippen molar-refractivity contribution in [3.05, 3.63) is 28.8 Å². The normalized spacial score (nSPS) is 15.2. The van der Waals surface area contributed by atoms with Crippen molar-refractivity contribution in [1.29, 1.82) is 0 Å². The Hall–Kier alpha value is -1.59. The largest absolute Gasteiger partial charge is 0.369 e. The molecule has 132 valence electrons. The number of hydrogen-bond acceptors (Lipinski definition) is 3. The number of amides is 2. The predicted octanol–water partition coefficient (Wildman–Crippen LogP) is 3.62. The molecule has 0 aromatic heterocycles. The standard InChI is InChI=1S/C18H25ClN2O3/c1-11(2)8-9-24-12(3)17(22)21-14-6-7-15(16(19)10-14)18(23)20-13-4-5-13/h6-7,10-13H,4-5,8-9H2,1-3H3,(H,20,23)(H,21,22). The fraction of sp³-hybridized carbons (Fsp3) is 0.556. The highest BCUT2D eigenvalue weighted by Gasteiger charge is 2.24. The van der Waals surface area contributed by atoms with Crippen LogP contribution in [-0.4, -0.2) is 30.6 Å². The van der Waals surface area contributed by atoms with Gasteiger partial charge < -0.3 is 15.4 Å². The van der Waals surface area contributed by atoms with Crippen molar-refractivity contribution in [2.45, 2.75) is 52.2 Å². The van der Waals surface area contributed by atoms with Crippen LogP contribution in [0.2, 0.25) is 5.02 Å². The van der Waals surface area contributed by atoms with Crippen LogP contribution in [0.1, 0.15) is 50.4 Å². The zero-order chi connectivity index (χ0) is 17.7. The minimum atomic E-state index is -0.541. The van der Waals surface area contributed by atoms with Crippen LogP contribution >= 0.6 is 11.6 Å². The molecule has 1 aliphatic rings. The Balaban J connectivity index is 1.88. The first-order valence-electron chi connectivity index (χ1n) is 8.39. The van der Waals surface area contributed by atoms with E-state index in [1.165, 1.54) is 0 Å². The molecule has 6 heteroatoms. The number of carbonyl (C=O) groups is 2. The molecular weight excluding hydrogens is 328 g/mol. The molecule has 5 nitrogen and oxygen atoms in total. The van der Waals surface area contributed by atoms with Crippen LogP contribution in [0.3, 0.4) is 0 Å². The van der Waals surface area contributed by atoms with Gasteiger partial charge in [-0.2, -0.15) is 0 Å². The van der Waals surface area contributed by atoms with Gasteiger partial charge in [-0.15, -0.1) is 0 Å². The summed E-state index contributed by atoms with van der Waals surface area (Å²) in [6, 6.07) is 5.16. The summed E-state index contributed by atoms with van der Waals surface area (Å²) < 4.78 is 5.52. The van der Waals surface area contributed by atoms with E-state index in [0.29, 0.717) is 28.8 Å². The van der Waals surface area contributed by atoms with Crippen LogP contribution < -0.4 is 10.6 Å². The van der Waals surface area contributed by atoms with E-state index in [1.807, 2.05) is 0 Å². The molecule has 2 N–H and O–H groups in total. The Morgan fingerprint density at radius 3 is 2.58 bits per heavy atom. The molecule has 1 unspecified atom stereocenters. The lowest BCUT2D eigenvalue weighted by Gasteiger charge is -2.15. The Bertz CT molecular complexity index is 600. The summed E-state index contributed by atoms with van der Waals surface area (Å²) >= 11 is 6.17. The van der Waals surface area contributed by atoms with Gasteiger partial charge in [-0.3, -0.25) is 9.59 Å². The molecule has 24 heavy (non-hydrogen) atoms. The van der Waals surface area contributed by atoms with E-state index in [2.05, 4.69) is 24.5 Å². The number of benzene rings is 1. The van der Waals surface area contributed by atoms with Crippen molar-refractivity contribution in [3.63, 3.8) is 0 Å². The number of halogens is 1. The molecule has 1 saturated carbocycles. The summed E-state index contributed by atoms with van der Waals surface area (Å²) in [5.41, 5.74) is 0.968. The van der Waals surface area contributed by atoms with Gasteiger partial charge in [0.2, 0.25) is 0 Å². The summed E-state index contributed by atoms with van der Waals surface area (Å²) in [4.78, 5) is 24.1. The van der Waals surface area contributed by atoms with Gasteiger partial charge in [-0.05, 0) is 50.3 Å². The molecule has 1 atom stereocenters. The number of hydrogen-bond donors (Lipinski definition) is 2. The van der Waals surface area contributed by atoms with Crippen molar-refractivity contribution in [2.24, 2.45) is 5.92 Å². The van der Waals surface area contributed by atoms with Crippen LogP contribution in [0, 0.1) is 5.92 Å². The predicted molar refractivity (Wildman–Crippen MR) is 95.4 cm³/mol. The zero-order valence-electron chi connectivity index (χ0n) is 14.4. The summed E-state index contributed by atoms with van der Waals surface area (Å²) in [5, 5.41) is 5.97. The highest BCUT2D eigenvalue weighted by molar-refractivity contribution is 6.34. The first-order valence-corrected chi connectivity index (χ1v) is 8.77. The fourth-order valence-electron chi connectivity index (χ4n) is 2.07. The lowest BCUT2D eigenvalue weighted by Crippen LogP contribution is -2.28. The highest BCUT2D eigenvalue weighted by Crippen LogP contribution is 2.24. The maximum atomic E-state index is 12.1. The molecule has 1 aromatic rings. The highest BCUT2D eigenvalue weighted by atomic mass is 35.5. The van der Waals surface area contributed by atoms with Gasteiger partial charge >= 0.3 is 0 Å². The lowest BCUT2D eigenvalue weighted by atomic mass is 10.1. The van der Waals surface area contributed by atoms with Crippen LogP contribution in [0.4, 0.5) is 5.69 Å². The van der Waals surface area contributed by atoms with Gasteiger partial charge in [0.1, 0.15) is 6.10 Å². The topological polar surface area (TPSA) is 67.4 Å². The second-order valence-electron chi connectivity index (χ2n) is 6.63. The molecular formula is C18H25ClN2O3. The van der Waals surface area contributed by atoms with Gasteiger partial charge in [-0.25, -0.2) is 0 Å². The van der Waals surface area contributed by atoms with Gasteiger partial charge in [0.15, 0.2) is 0 Å². The maximum Gasteiger partial charge on any atom is 0.253 e. The number of nitrogens with one attached hydrogen (secondary N) is 2. The van der Waals surface area contributed by atoms with Crippen molar-refractivity contribution >= 4 is 29.1 Å². The van der Waals surface area contributed by atoms with Crippen molar-refractivity contribution in [2.75, 3.05) is 11.9 Å². The third-order valence-electron chi connectivity index (χ3n) is 3.83. The van der Waals surface area contributed by atoms with Crippen LogP contribution in [0.25, 0.3) is 0 Å². The first-order chi connectivity index (χ1) is 11.4. The van der Waals surface area contributed by atoms with E-state index in [9.17, 15) is 9.59 Å². The number of ether oxygens (including phenoxy) is 1. The molecule has 1 aliphatic carbocycles. The van der Waals surface area contributed by atoms with E-state index >= 15 is 0 Å². The van der Waals surface area contributed by atoms with E-state index < -0.39 is 6.10 Å². The van der Waals surface area contributed by atoms with Gasteiger partial charge in [0, 0.05) is 18.3 Å². The van der Waals surface area contributed by atoms with Crippen LogP contribution in [0.15, 0.2) is 18.2 Å². The minimum Gasteiger partial charge on any atom is -0.369 e. The Labute approximate surface area is 148 Å². The van der Waals surface area contributed by atoms with Crippen LogP contribution in [0.5, 0.6) is 0 Å². The molecule has 0 bridgehead atoms. The van der Waals surface area contributed by atoms with E-state index in [-0.39, 0.29) is 17.9 Å². The molecule has 0 spiro atoms. The lowest BCUT2D eigenvalue weighted by molar-refractivity contribution is -0.126. The van der Waals surface area contributed by atoms with E-state index in [0.717, 1.165) is 19.3 Å². The van der Waals surface area contributed by atoms with Crippen molar-refractivity contribution < 1.29 is 14.3 Å². The molecule has 0 radical (unpaired) electrons. The van der Waals surface area contributed by atoms with Crippen LogP contribution in [-0.2, 0) is 9.53 Å². The summed E-state index contributed by atoms with van der Waals surface area (Å²) in [5.74, 6) is 0.129.